The molecular formula is C90H80ClF8N13O7. The first-order chi connectivity index (χ1) is 56.7. The van der Waals surface area contributed by atoms with Gasteiger partial charge in [0.25, 0.3) is 5.91 Å². The van der Waals surface area contributed by atoms with Crippen LogP contribution in [0.2, 0.25) is 5.02 Å². The van der Waals surface area contributed by atoms with E-state index < -0.39 is 80.3 Å². The van der Waals surface area contributed by atoms with Gasteiger partial charge in [-0.05, 0) is 183 Å². The number of hydrogen-bond donors (Lipinski definition) is 3. The van der Waals surface area contributed by atoms with E-state index in [2.05, 4.69) is 57.1 Å². The molecule has 0 saturated heterocycles. The van der Waals surface area contributed by atoms with Gasteiger partial charge >= 0.3 is 6.18 Å². The Kier molecular flexibility index (Phi) is 21.8. The Morgan fingerprint density at radius 1 is 0.529 bits per heavy atom. The lowest BCUT2D eigenvalue weighted by Gasteiger charge is -2.33. The molecule has 3 spiro atoms. The number of carbonyl (C=O) groups is 6. The molecule has 7 aromatic heterocycles. The fourth-order valence-electron chi connectivity index (χ4n) is 16.9. The summed E-state index contributed by atoms with van der Waals surface area (Å²) in [7, 11) is 0. The maximum Gasteiger partial charge on any atom is 0.403 e. The Morgan fingerprint density at radius 2 is 0.933 bits per heavy atom. The monoisotopic (exact) mass is 1640 g/mol. The molecule has 0 unspecified atom stereocenters. The summed E-state index contributed by atoms with van der Waals surface area (Å²) in [6, 6.07) is 25.6. The largest absolute Gasteiger partial charge is 0.403 e. The molecule has 17 rings (SSSR count). The minimum atomic E-state index is -4.74. The van der Waals surface area contributed by atoms with Crippen LogP contribution in [0.25, 0.3) is 18.2 Å². The number of fused-ring (bicyclic) bond motifs is 9. The normalized spacial score (nSPS) is 19.1. The molecule has 10 aromatic rings. The molecule has 1 fully saturated rings. The second kappa shape index (κ2) is 31.8. The molecule has 6 amide bonds. The first kappa shape index (κ1) is 81.7. The molecule has 29 heteroatoms. The van der Waals surface area contributed by atoms with Crippen LogP contribution in [0.3, 0.4) is 0 Å². The summed E-state index contributed by atoms with van der Waals surface area (Å²) in [4.78, 5) is 110. The first-order valence-corrected chi connectivity index (χ1v) is 39.0. The zero-order chi connectivity index (χ0) is 84.4. The zero-order valence-corrected chi connectivity index (χ0v) is 66.4. The number of carbonyl (C=O) groups excluding carboxylic acids is 6. The second-order valence-corrected chi connectivity index (χ2v) is 32.7. The molecule has 3 N–H and O–H groups in total. The van der Waals surface area contributed by atoms with Crippen molar-refractivity contribution in [2.75, 3.05) is 35.6 Å². The average molecular weight is 1640 g/mol. The molecule has 610 valence electrons. The lowest BCUT2D eigenvalue weighted by Crippen LogP contribution is -2.45. The molecular weight excluding hydrogens is 1560 g/mol. The molecule has 0 bridgehead atoms. The number of amides is 6. The van der Waals surface area contributed by atoms with E-state index >= 15 is 0 Å². The molecule has 5 atom stereocenters. The number of rotatable bonds is 17. The fourth-order valence-corrected chi connectivity index (χ4v) is 17.2. The molecule has 10 heterocycles. The number of nitrogens with one attached hydrogen (secondary N) is 3. The van der Waals surface area contributed by atoms with Gasteiger partial charge in [0.15, 0.2) is 0 Å². The third-order valence-electron chi connectivity index (χ3n) is 23.4. The highest BCUT2D eigenvalue weighted by molar-refractivity contribution is 6.31. The van der Waals surface area contributed by atoms with Gasteiger partial charge in [0.1, 0.15) is 63.3 Å². The van der Waals surface area contributed by atoms with Crippen LogP contribution in [0.1, 0.15) is 165 Å². The van der Waals surface area contributed by atoms with Crippen molar-refractivity contribution in [3.05, 3.63) is 300 Å². The number of hydrogen-bond acceptors (Lipinski definition) is 14. The number of pyridine rings is 6. The van der Waals surface area contributed by atoms with Crippen molar-refractivity contribution in [2.24, 2.45) is 10.8 Å². The summed E-state index contributed by atoms with van der Waals surface area (Å²) in [6.07, 6.45) is 18.3. The number of alkyl halides is 3. The number of aryl methyl sites for hydroxylation is 2. The van der Waals surface area contributed by atoms with Crippen LogP contribution in [0.4, 0.5) is 52.6 Å². The van der Waals surface area contributed by atoms with Gasteiger partial charge in [0.2, 0.25) is 29.5 Å². The van der Waals surface area contributed by atoms with Gasteiger partial charge < -0.3 is 35.2 Å². The van der Waals surface area contributed by atoms with Crippen molar-refractivity contribution < 1.29 is 68.4 Å². The molecule has 7 aliphatic rings. The average Bonchev–Trinajstić information content (AvgIpc) is 1.59. The third kappa shape index (κ3) is 15.8. The van der Waals surface area contributed by atoms with E-state index in [9.17, 15) is 63.9 Å². The highest BCUT2D eigenvalue weighted by Gasteiger charge is 2.69. The summed E-state index contributed by atoms with van der Waals surface area (Å²) in [5, 5.41) is 12.8. The predicted molar refractivity (Wildman–Crippen MR) is 428 cm³/mol. The molecule has 4 aliphatic carbocycles. The van der Waals surface area contributed by atoms with E-state index in [0.717, 1.165) is 84.7 Å². The number of nitrogens with zero attached hydrogens (tertiary/aromatic N) is 10. The van der Waals surface area contributed by atoms with Crippen molar-refractivity contribution in [2.45, 2.75) is 141 Å². The van der Waals surface area contributed by atoms with Gasteiger partial charge in [-0.3, -0.25) is 43.7 Å². The molecule has 1 saturated carbocycles. The smallest absolute Gasteiger partial charge is 0.361 e. The SMILES string of the molecule is CC(C)(C)C(=O)N(C/C=C/c1cnc2c(c1)C[C@@]1(C2)C(=O)Nc2ncccc21)Cc1ccc(F)cc1Cl.C[C@H](c1cc(F)cc(F)c1)N(C/C=C/c1cnc2c(c1)C[C@@]1(C2)C(=O)Nc2ncccc21)C(=O)C1(C(F)(F)F)CC1.Cc1noc(C)c1C(=O)N(C/C=C/c1cnc2c(c1)C[C@@]1(C2)C(=O)Nc2ncccc21)[C@H](C)c1cc(F)cc(F)c1. The van der Waals surface area contributed by atoms with Crippen LogP contribution in [0, 0.1) is 53.8 Å². The van der Waals surface area contributed by atoms with Crippen molar-refractivity contribution >= 4 is 82.7 Å². The Labute approximate surface area is 684 Å². The summed E-state index contributed by atoms with van der Waals surface area (Å²) in [5.74, 6) is -3.27. The van der Waals surface area contributed by atoms with Crippen LogP contribution in [0.15, 0.2) is 169 Å². The lowest BCUT2D eigenvalue weighted by atomic mass is 9.80. The summed E-state index contributed by atoms with van der Waals surface area (Å²) >= 11 is 6.23. The molecule has 119 heavy (non-hydrogen) atoms. The van der Waals surface area contributed by atoms with Crippen molar-refractivity contribution in [1.29, 1.82) is 0 Å². The van der Waals surface area contributed by atoms with E-state index in [1.54, 1.807) is 87.1 Å². The Morgan fingerprint density at radius 3 is 1.31 bits per heavy atom. The lowest BCUT2D eigenvalue weighted by molar-refractivity contribution is -0.199. The van der Waals surface area contributed by atoms with Crippen molar-refractivity contribution in [1.82, 2.24) is 49.8 Å². The summed E-state index contributed by atoms with van der Waals surface area (Å²) in [6.45, 7) is 12.6. The van der Waals surface area contributed by atoms with Gasteiger partial charge in [-0.1, -0.05) is 98.3 Å². The quantitative estimate of drug-likeness (QED) is 0.0717. The highest BCUT2D eigenvalue weighted by Crippen LogP contribution is 2.59. The van der Waals surface area contributed by atoms with Crippen LogP contribution >= 0.6 is 11.6 Å². The highest BCUT2D eigenvalue weighted by atomic mass is 35.5. The molecule has 20 nitrogen and oxygen atoms in total. The van der Waals surface area contributed by atoms with E-state index in [0.29, 0.717) is 107 Å². The minimum absolute atomic E-state index is 0.0351. The van der Waals surface area contributed by atoms with Crippen LogP contribution in [-0.2, 0) is 85.3 Å². The zero-order valence-electron chi connectivity index (χ0n) is 65.7. The van der Waals surface area contributed by atoms with Gasteiger partial charge in [-0.15, -0.1) is 0 Å². The van der Waals surface area contributed by atoms with Crippen LogP contribution in [-0.4, -0.2) is 111 Å². The maximum absolute atomic E-state index is 14.0. The van der Waals surface area contributed by atoms with Crippen LogP contribution < -0.4 is 16.0 Å². The minimum Gasteiger partial charge on any atom is -0.361 e. The number of anilines is 3. The van der Waals surface area contributed by atoms with E-state index in [-0.39, 0.29) is 67.6 Å². The standard InChI is InChI=1S/C31H27F2N5O3.C30H25F5N4O2.C29H28ClFN4O2/c1-17-27(19(3)41-37-17)29(39)38(18(2)21-11-23(32)13-24(33)12-21)9-5-6-20-10-22-14-31(15-26(22)35-16-20)25-7-4-8-34-28(25)36-30(31)40;1-17(19-11-21(31)13-22(32)12-19)39(27(41)29(6-7-29)30(33,34)35)9-3-4-18-10-20-14-28(15-24(20)37-16-18)23-5-2-8-36-25(23)38-26(28)40;1-28(2,3)27(37)35(17-19-8-9-21(31)13-23(19)30)11-5-6-18-12-20-14-29(15-24(20)33-16-18)22-7-4-10-32-25(22)34-26(29)36/h4-8,10-13,16,18H,9,14-15H2,1-3H3,(H,34,36,40);2-5,8,10-13,16-17H,6-7,9,14-15H2,1H3,(H,36,38,40);4-10,12-13,16H,11,14-15,17H2,1-3H3,(H,32,34,36)/b6-5+;4-3+;6-5+/t18-,31+;17-,28+;29-/m110/s1. The Bertz CT molecular complexity index is 5820. The van der Waals surface area contributed by atoms with Gasteiger partial charge in [-0.25, -0.2) is 36.9 Å². The molecule has 0 radical (unpaired) electrons. The summed E-state index contributed by atoms with van der Waals surface area (Å²) in [5.41, 5.74) is 6.96. The Balaban J connectivity index is 0.000000140. The van der Waals surface area contributed by atoms with E-state index in [1.165, 1.54) is 42.2 Å². The van der Waals surface area contributed by atoms with Crippen LogP contribution in [0.5, 0.6) is 0 Å². The summed E-state index contributed by atoms with van der Waals surface area (Å²) < 4.78 is 116. The van der Waals surface area contributed by atoms with Gasteiger partial charge in [0, 0.05) is 139 Å². The number of benzene rings is 3. The van der Waals surface area contributed by atoms with Gasteiger partial charge in [0.05, 0.1) is 34.0 Å². The van der Waals surface area contributed by atoms with Gasteiger partial charge in [-0.2, -0.15) is 13.2 Å². The topological polar surface area (TPSA) is 252 Å². The van der Waals surface area contributed by atoms with E-state index in [1.807, 2.05) is 81.5 Å². The predicted octanol–water partition coefficient (Wildman–Crippen LogP) is 16.3. The fraction of sp³-hybridized carbons (Fsp3) is 0.300. The second-order valence-electron chi connectivity index (χ2n) is 32.3. The third-order valence-corrected chi connectivity index (χ3v) is 23.8. The number of halogens is 9. The first-order valence-electron chi connectivity index (χ1n) is 38.7. The molecule has 3 aromatic carbocycles. The van der Waals surface area contributed by atoms with Crippen molar-refractivity contribution in [3.8, 4) is 0 Å². The maximum atomic E-state index is 14.0. The molecule has 3 aliphatic heterocycles. The Hall–Kier alpha value is -12.5. The van der Waals surface area contributed by atoms with E-state index in [4.69, 9.17) is 16.1 Å². The van der Waals surface area contributed by atoms with Crippen molar-refractivity contribution in [3.63, 3.8) is 0 Å². The number of aromatic nitrogens is 7.